The minimum absolute atomic E-state index is 0.0645. The number of aromatic nitrogens is 5. The van der Waals surface area contributed by atoms with Gasteiger partial charge in [-0.15, -0.1) is 0 Å². The average Bonchev–Trinajstić information content (AvgIpc) is 3.51. The molecular weight excluding hydrogens is 510 g/mol. The highest BCUT2D eigenvalue weighted by Crippen LogP contribution is 2.35. The van der Waals surface area contributed by atoms with Crippen molar-refractivity contribution in [3.05, 3.63) is 75.0 Å². The van der Waals surface area contributed by atoms with Crippen LogP contribution in [0.5, 0.6) is 0 Å². The number of aliphatic hydroxyl groups is 1. The summed E-state index contributed by atoms with van der Waals surface area (Å²) in [5, 5.41) is 22.6. The Labute approximate surface area is 231 Å². The normalized spacial score (nSPS) is 14.8. The van der Waals surface area contributed by atoms with Crippen LogP contribution in [0, 0.1) is 0 Å². The van der Waals surface area contributed by atoms with E-state index < -0.39 is 0 Å². The monoisotopic (exact) mass is 543 g/mol. The minimum atomic E-state index is -0.319. The minimum Gasteiger partial charge on any atom is -0.392 e. The Balaban J connectivity index is 1.37. The lowest BCUT2D eigenvalue weighted by molar-refractivity contribution is 0.0964. The summed E-state index contributed by atoms with van der Waals surface area (Å²) < 4.78 is 10.3. The first-order valence-corrected chi connectivity index (χ1v) is 13.5. The summed E-state index contributed by atoms with van der Waals surface area (Å²) in [5.74, 6) is 0.440. The van der Waals surface area contributed by atoms with Crippen molar-refractivity contribution in [3.8, 4) is 11.3 Å². The van der Waals surface area contributed by atoms with Crippen LogP contribution in [-0.4, -0.2) is 48.8 Å². The molecule has 0 atom stereocenters. The van der Waals surface area contributed by atoms with Gasteiger partial charge in [-0.05, 0) is 49.4 Å². The number of nitrogens with one attached hydrogen (secondary N) is 1. The first-order valence-electron chi connectivity index (χ1n) is 13.5. The number of hydrogen-bond donors (Lipinski definition) is 2. The number of fused-ring (bicyclic) bond motifs is 3. The fourth-order valence-electron chi connectivity index (χ4n) is 5.92. The van der Waals surface area contributed by atoms with Crippen LogP contribution in [0.15, 0.2) is 41.2 Å². The average molecular weight is 544 g/mol. The van der Waals surface area contributed by atoms with Crippen LogP contribution in [0.4, 0.5) is 17.2 Å². The highest BCUT2D eigenvalue weighted by Gasteiger charge is 2.31. The Kier molecular flexibility index (Phi) is 6.77. The van der Waals surface area contributed by atoms with Gasteiger partial charge < -0.3 is 24.6 Å². The van der Waals surface area contributed by atoms with Crippen LogP contribution >= 0.6 is 0 Å². The van der Waals surface area contributed by atoms with E-state index in [9.17, 15) is 14.7 Å². The molecule has 208 valence electrons. The predicted octanol–water partition coefficient (Wildman–Crippen LogP) is 2.90. The van der Waals surface area contributed by atoms with Gasteiger partial charge in [0.15, 0.2) is 5.82 Å². The number of amides is 1. The second-order valence-electron chi connectivity index (χ2n) is 10.4. The predicted molar refractivity (Wildman–Crippen MR) is 151 cm³/mol. The van der Waals surface area contributed by atoms with E-state index in [2.05, 4.69) is 20.1 Å². The van der Waals surface area contributed by atoms with Gasteiger partial charge in [0.1, 0.15) is 11.4 Å². The number of anilines is 3. The SMILES string of the molecule is COCc1cc(Nc2cc(-c3cccc(N4CCn5c(cc6c5CCCC6)C4=O)c3CO)nn(C)c2=O)nn1C. The number of carbonyl (C=O) groups excluding carboxylic acids is 1. The second kappa shape index (κ2) is 10.4. The molecule has 2 aliphatic rings. The number of benzene rings is 1. The molecule has 0 radical (unpaired) electrons. The Hall–Kier alpha value is -4.22. The van der Waals surface area contributed by atoms with Crippen molar-refractivity contribution in [1.29, 1.82) is 0 Å². The molecule has 4 aromatic rings. The first-order chi connectivity index (χ1) is 19.4. The molecule has 0 fully saturated rings. The molecule has 1 aliphatic carbocycles. The zero-order chi connectivity index (χ0) is 28.0. The number of rotatable bonds is 7. The van der Waals surface area contributed by atoms with E-state index in [1.807, 2.05) is 37.4 Å². The van der Waals surface area contributed by atoms with E-state index >= 15 is 0 Å². The number of ether oxygens (including phenoxy) is 1. The third-order valence-electron chi connectivity index (χ3n) is 7.89. The fourth-order valence-corrected chi connectivity index (χ4v) is 5.92. The maximum Gasteiger partial charge on any atom is 0.290 e. The maximum atomic E-state index is 13.7. The summed E-state index contributed by atoms with van der Waals surface area (Å²) in [4.78, 5) is 28.4. The summed E-state index contributed by atoms with van der Waals surface area (Å²) >= 11 is 0. The number of aliphatic hydroxyl groups excluding tert-OH is 1. The van der Waals surface area contributed by atoms with E-state index in [1.54, 1.807) is 29.8 Å². The van der Waals surface area contributed by atoms with Gasteiger partial charge >= 0.3 is 0 Å². The zero-order valence-electron chi connectivity index (χ0n) is 23.0. The number of carbonyl (C=O) groups is 1. The maximum absolute atomic E-state index is 13.7. The van der Waals surface area contributed by atoms with Gasteiger partial charge in [0.2, 0.25) is 0 Å². The first kappa shape index (κ1) is 26.0. The van der Waals surface area contributed by atoms with Crippen LogP contribution in [0.1, 0.15) is 45.8 Å². The van der Waals surface area contributed by atoms with Crippen molar-refractivity contribution in [2.24, 2.45) is 14.1 Å². The van der Waals surface area contributed by atoms with Crippen molar-refractivity contribution in [2.75, 3.05) is 23.9 Å². The summed E-state index contributed by atoms with van der Waals surface area (Å²) in [7, 11) is 5.00. The Morgan fingerprint density at radius 1 is 1.02 bits per heavy atom. The molecule has 0 bridgehead atoms. The van der Waals surface area contributed by atoms with Crippen LogP contribution in [-0.2, 0) is 51.4 Å². The molecular formula is C29H33N7O4. The van der Waals surface area contributed by atoms with Crippen molar-refractivity contribution in [2.45, 2.75) is 45.4 Å². The molecule has 1 amide bonds. The standard InChI is InChI=1S/C29H33N7O4/c1-33-19(17-40-3)14-27(32-33)30-23-15-22(31-34(2)28(23)38)20-8-6-10-25(21(20)16-37)36-12-11-35-24-9-5-4-7-18(24)13-26(35)29(36)39/h6,8,10,13-15,37H,4-5,7,9,11-12,16-17H2,1-3H3,(H,30,32). The van der Waals surface area contributed by atoms with Crippen LogP contribution in [0.3, 0.4) is 0 Å². The highest BCUT2D eigenvalue weighted by atomic mass is 16.5. The Bertz CT molecular complexity index is 1670. The van der Waals surface area contributed by atoms with E-state index in [4.69, 9.17) is 4.74 Å². The third kappa shape index (κ3) is 4.40. The largest absolute Gasteiger partial charge is 0.392 e. The number of methoxy groups -OCH3 is 1. The molecule has 0 spiro atoms. The molecule has 11 nitrogen and oxygen atoms in total. The molecule has 1 aromatic carbocycles. The molecule has 40 heavy (non-hydrogen) atoms. The molecule has 6 rings (SSSR count). The van der Waals surface area contributed by atoms with Crippen LogP contribution in [0.2, 0.25) is 0 Å². The van der Waals surface area contributed by atoms with E-state index in [0.717, 1.165) is 31.4 Å². The zero-order valence-corrected chi connectivity index (χ0v) is 23.0. The lowest BCUT2D eigenvalue weighted by Gasteiger charge is -2.31. The van der Waals surface area contributed by atoms with Crippen LogP contribution < -0.4 is 15.8 Å². The molecule has 1 aliphatic heterocycles. The van der Waals surface area contributed by atoms with E-state index in [-0.39, 0.29) is 18.1 Å². The van der Waals surface area contributed by atoms with Crippen molar-refractivity contribution >= 4 is 23.1 Å². The summed E-state index contributed by atoms with van der Waals surface area (Å²) in [5.41, 5.74) is 6.48. The number of hydrogen-bond acceptors (Lipinski definition) is 7. The number of nitrogens with zero attached hydrogens (tertiary/aromatic N) is 6. The number of aryl methyl sites for hydroxylation is 3. The molecule has 0 saturated carbocycles. The quantitative estimate of drug-likeness (QED) is 0.368. The summed E-state index contributed by atoms with van der Waals surface area (Å²) in [6.45, 7) is 1.33. The lowest BCUT2D eigenvalue weighted by atomic mass is 9.98. The molecule has 4 heterocycles. The van der Waals surface area contributed by atoms with Crippen LogP contribution in [0.25, 0.3) is 11.3 Å². The molecule has 2 N–H and O–H groups in total. The highest BCUT2D eigenvalue weighted by molar-refractivity contribution is 6.07. The lowest BCUT2D eigenvalue weighted by Crippen LogP contribution is -2.41. The van der Waals surface area contributed by atoms with Gasteiger partial charge in [-0.3, -0.25) is 14.3 Å². The van der Waals surface area contributed by atoms with Gasteiger partial charge in [0, 0.05) is 57.2 Å². The second-order valence-corrected chi connectivity index (χ2v) is 10.4. The smallest absolute Gasteiger partial charge is 0.290 e. The van der Waals surface area contributed by atoms with Crippen molar-refractivity contribution in [1.82, 2.24) is 24.1 Å². The molecule has 3 aromatic heterocycles. The topological polar surface area (TPSA) is 119 Å². The third-order valence-corrected chi connectivity index (χ3v) is 7.89. The summed E-state index contributed by atoms with van der Waals surface area (Å²) in [6.07, 6.45) is 4.34. The van der Waals surface area contributed by atoms with Gasteiger partial charge in [-0.2, -0.15) is 10.2 Å². The van der Waals surface area contributed by atoms with Gasteiger partial charge in [0.05, 0.1) is 30.3 Å². The van der Waals surface area contributed by atoms with Gasteiger partial charge in [-0.25, -0.2) is 4.68 Å². The fraction of sp³-hybridized carbons (Fsp3) is 0.379. The Morgan fingerprint density at radius 2 is 1.85 bits per heavy atom. The summed E-state index contributed by atoms with van der Waals surface area (Å²) in [6, 6.07) is 11.1. The van der Waals surface area contributed by atoms with E-state index in [0.29, 0.717) is 59.4 Å². The Morgan fingerprint density at radius 3 is 2.65 bits per heavy atom. The molecule has 0 unspecified atom stereocenters. The van der Waals surface area contributed by atoms with Gasteiger partial charge in [0.25, 0.3) is 11.5 Å². The molecule has 11 heteroatoms. The van der Waals surface area contributed by atoms with Crippen molar-refractivity contribution < 1.29 is 14.6 Å². The van der Waals surface area contributed by atoms with Crippen molar-refractivity contribution in [3.63, 3.8) is 0 Å². The van der Waals surface area contributed by atoms with Gasteiger partial charge in [-0.1, -0.05) is 12.1 Å². The van der Waals surface area contributed by atoms with E-state index in [1.165, 1.54) is 15.9 Å². The molecule has 0 saturated heterocycles.